The van der Waals surface area contributed by atoms with Crippen molar-refractivity contribution in [2.45, 2.75) is 6.92 Å². The van der Waals surface area contributed by atoms with E-state index in [1.165, 1.54) is 5.56 Å². The molecular weight excluding hydrogens is 224 g/mol. The number of rotatable bonds is 4. The van der Waals surface area contributed by atoms with Crippen LogP contribution in [0.1, 0.15) is 11.1 Å². The predicted molar refractivity (Wildman–Crippen MR) is 73.4 cm³/mol. The maximum Gasteiger partial charge on any atom is 0.0892 e. The van der Waals surface area contributed by atoms with Gasteiger partial charge in [-0.25, -0.2) is 0 Å². The third kappa shape index (κ3) is 3.23. The van der Waals surface area contributed by atoms with Crippen molar-refractivity contribution in [3.05, 3.63) is 53.9 Å². The van der Waals surface area contributed by atoms with Crippen molar-refractivity contribution < 1.29 is 0 Å². The summed E-state index contributed by atoms with van der Waals surface area (Å²) in [5, 5.41) is 0. The van der Waals surface area contributed by atoms with E-state index < -0.39 is 0 Å². The molecule has 0 aliphatic heterocycles. The SMILES string of the molecule is Cc1ccnc(-c2cc(/C=C/CNN)ccn2)c1. The number of nitrogens with one attached hydrogen (secondary N) is 1. The molecule has 3 N–H and O–H groups in total. The molecule has 4 heteroatoms. The molecule has 2 aromatic rings. The molecule has 0 aromatic carbocycles. The highest BCUT2D eigenvalue weighted by Crippen LogP contribution is 2.16. The zero-order valence-corrected chi connectivity index (χ0v) is 10.3. The van der Waals surface area contributed by atoms with Gasteiger partial charge in [-0.1, -0.05) is 12.2 Å². The smallest absolute Gasteiger partial charge is 0.0892 e. The van der Waals surface area contributed by atoms with Crippen LogP contribution in [0.4, 0.5) is 0 Å². The molecule has 0 atom stereocenters. The average Bonchev–Trinajstić information content (AvgIpc) is 2.39. The van der Waals surface area contributed by atoms with E-state index in [1.54, 1.807) is 12.4 Å². The summed E-state index contributed by atoms with van der Waals surface area (Å²) in [6.07, 6.45) is 7.55. The van der Waals surface area contributed by atoms with E-state index in [9.17, 15) is 0 Å². The Morgan fingerprint density at radius 3 is 2.61 bits per heavy atom. The molecule has 0 aliphatic carbocycles. The molecule has 0 radical (unpaired) electrons. The Balaban J connectivity index is 2.27. The topological polar surface area (TPSA) is 63.8 Å². The van der Waals surface area contributed by atoms with Gasteiger partial charge in [-0.15, -0.1) is 0 Å². The van der Waals surface area contributed by atoms with E-state index in [1.807, 2.05) is 43.3 Å². The molecule has 0 fully saturated rings. The third-order valence-electron chi connectivity index (χ3n) is 2.51. The molecular formula is C14H16N4. The van der Waals surface area contributed by atoms with Gasteiger partial charge in [0.2, 0.25) is 0 Å². The largest absolute Gasteiger partial charge is 0.271 e. The molecule has 18 heavy (non-hydrogen) atoms. The van der Waals surface area contributed by atoms with Crippen LogP contribution in [0.2, 0.25) is 0 Å². The van der Waals surface area contributed by atoms with Crippen LogP contribution in [-0.4, -0.2) is 16.5 Å². The van der Waals surface area contributed by atoms with E-state index in [0.29, 0.717) is 6.54 Å². The van der Waals surface area contributed by atoms with Crippen LogP contribution < -0.4 is 11.3 Å². The molecule has 4 nitrogen and oxygen atoms in total. The van der Waals surface area contributed by atoms with Gasteiger partial charge in [0.1, 0.15) is 0 Å². The number of pyridine rings is 2. The number of hydrazine groups is 1. The molecule has 2 heterocycles. The normalized spacial score (nSPS) is 11.0. The Labute approximate surface area is 107 Å². The second-order valence-electron chi connectivity index (χ2n) is 4.00. The van der Waals surface area contributed by atoms with Crippen LogP contribution in [0.3, 0.4) is 0 Å². The molecule has 92 valence electrons. The quantitative estimate of drug-likeness (QED) is 0.633. The summed E-state index contributed by atoms with van der Waals surface area (Å²) in [5.41, 5.74) is 6.60. The first-order valence-electron chi connectivity index (χ1n) is 5.78. The zero-order chi connectivity index (χ0) is 12.8. The first-order chi connectivity index (χ1) is 8.79. The van der Waals surface area contributed by atoms with Gasteiger partial charge in [-0.3, -0.25) is 21.2 Å². The summed E-state index contributed by atoms with van der Waals surface area (Å²) < 4.78 is 0. The predicted octanol–water partition coefficient (Wildman–Crippen LogP) is 1.93. The van der Waals surface area contributed by atoms with Gasteiger partial charge in [0, 0.05) is 18.9 Å². The van der Waals surface area contributed by atoms with E-state index in [4.69, 9.17) is 5.84 Å². The van der Waals surface area contributed by atoms with Gasteiger partial charge in [0.15, 0.2) is 0 Å². The van der Waals surface area contributed by atoms with Crippen LogP contribution >= 0.6 is 0 Å². The van der Waals surface area contributed by atoms with E-state index >= 15 is 0 Å². The van der Waals surface area contributed by atoms with E-state index in [-0.39, 0.29) is 0 Å². The lowest BCUT2D eigenvalue weighted by Gasteiger charge is -2.02. The Bertz CT molecular complexity index is 549. The Morgan fingerprint density at radius 2 is 1.89 bits per heavy atom. The van der Waals surface area contributed by atoms with Crippen LogP contribution in [0.5, 0.6) is 0 Å². The summed E-state index contributed by atoms with van der Waals surface area (Å²) in [6, 6.07) is 7.96. The van der Waals surface area contributed by atoms with Crippen LogP contribution in [0.25, 0.3) is 17.5 Å². The van der Waals surface area contributed by atoms with Crippen molar-refractivity contribution in [1.82, 2.24) is 15.4 Å². The highest BCUT2D eigenvalue weighted by molar-refractivity contribution is 5.60. The number of hydrogen-bond donors (Lipinski definition) is 2. The Kier molecular flexibility index (Phi) is 4.17. The Morgan fingerprint density at radius 1 is 1.17 bits per heavy atom. The van der Waals surface area contributed by atoms with Crippen LogP contribution in [0.15, 0.2) is 42.7 Å². The van der Waals surface area contributed by atoms with Gasteiger partial charge in [0.05, 0.1) is 11.4 Å². The summed E-state index contributed by atoms with van der Waals surface area (Å²) in [4.78, 5) is 8.67. The van der Waals surface area contributed by atoms with Crippen molar-refractivity contribution in [2.24, 2.45) is 5.84 Å². The van der Waals surface area contributed by atoms with Crippen LogP contribution in [-0.2, 0) is 0 Å². The van der Waals surface area contributed by atoms with E-state index in [2.05, 4.69) is 15.4 Å². The maximum atomic E-state index is 5.21. The minimum Gasteiger partial charge on any atom is -0.271 e. The van der Waals surface area contributed by atoms with Crippen molar-refractivity contribution in [1.29, 1.82) is 0 Å². The molecule has 0 saturated carbocycles. The monoisotopic (exact) mass is 240 g/mol. The molecule has 2 rings (SSSR count). The molecule has 0 spiro atoms. The number of nitrogens with zero attached hydrogens (tertiary/aromatic N) is 2. The highest BCUT2D eigenvalue weighted by atomic mass is 15.2. The first kappa shape index (κ1) is 12.4. The zero-order valence-electron chi connectivity index (χ0n) is 10.3. The summed E-state index contributed by atoms with van der Waals surface area (Å²) in [7, 11) is 0. The molecule has 0 amide bonds. The average molecular weight is 240 g/mol. The number of aryl methyl sites for hydroxylation is 1. The van der Waals surface area contributed by atoms with Crippen molar-refractivity contribution in [2.75, 3.05) is 6.54 Å². The number of aromatic nitrogens is 2. The molecule has 0 bridgehead atoms. The van der Waals surface area contributed by atoms with Gasteiger partial charge < -0.3 is 0 Å². The second kappa shape index (κ2) is 6.05. The summed E-state index contributed by atoms with van der Waals surface area (Å²) >= 11 is 0. The van der Waals surface area contributed by atoms with Gasteiger partial charge >= 0.3 is 0 Å². The first-order valence-corrected chi connectivity index (χ1v) is 5.78. The summed E-state index contributed by atoms with van der Waals surface area (Å²) in [5.74, 6) is 5.21. The second-order valence-corrected chi connectivity index (χ2v) is 4.00. The minimum absolute atomic E-state index is 0.639. The third-order valence-corrected chi connectivity index (χ3v) is 2.51. The number of nitrogens with two attached hydrogens (primary N) is 1. The summed E-state index contributed by atoms with van der Waals surface area (Å²) in [6.45, 7) is 2.68. The van der Waals surface area contributed by atoms with Gasteiger partial charge in [0.25, 0.3) is 0 Å². The fraction of sp³-hybridized carbons (Fsp3) is 0.143. The van der Waals surface area contributed by atoms with Crippen molar-refractivity contribution in [3.8, 4) is 11.4 Å². The van der Waals surface area contributed by atoms with Gasteiger partial charge in [-0.2, -0.15) is 0 Å². The number of hydrogen-bond acceptors (Lipinski definition) is 4. The van der Waals surface area contributed by atoms with Crippen molar-refractivity contribution >= 4 is 6.08 Å². The van der Waals surface area contributed by atoms with Gasteiger partial charge in [-0.05, 0) is 42.3 Å². The standard InChI is InChI=1S/C14H16N4/c1-11-4-7-16-13(9-11)14-10-12(5-8-17-14)3-2-6-18-15/h2-5,7-10,18H,6,15H2,1H3/b3-2+. The fourth-order valence-electron chi connectivity index (χ4n) is 1.63. The molecule has 0 unspecified atom stereocenters. The van der Waals surface area contributed by atoms with E-state index in [0.717, 1.165) is 17.0 Å². The lowest BCUT2D eigenvalue weighted by molar-refractivity contribution is 0.825. The Hall–Kier alpha value is -2.04. The fourth-order valence-corrected chi connectivity index (χ4v) is 1.63. The lowest BCUT2D eigenvalue weighted by Crippen LogP contribution is -2.21. The molecule has 2 aromatic heterocycles. The maximum absolute atomic E-state index is 5.21. The van der Waals surface area contributed by atoms with Crippen LogP contribution in [0, 0.1) is 6.92 Å². The van der Waals surface area contributed by atoms with Crippen molar-refractivity contribution in [3.63, 3.8) is 0 Å². The highest BCUT2D eigenvalue weighted by Gasteiger charge is 2.01. The molecule has 0 saturated heterocycles. The lowest BCUT2D eigenvalue weighted by atomic mass is 10.1. The minimum atomic E-state index is 0.639. The molecule has 0 aliphatic rings.